The van der Waals surface area contributed by atoms with Crippen LogP contribution in [0.1, 0.15) is 148 Å². The van der Waals surface area contributed by atoms with Gasteiger partial charge in [0.15, 0.2) is 0 Å². The molecule has 5 heteroatoms. The van der Waals surface area contributed by atoms with E-state index in [1.165, 1.54) is 96.3 Å². The molecule has 0 aromatic heterocycles. The maximum Gasteiger partial charge on any atom is 0.0417 e. The number of piperazine rings is 4. The lowest BCUT2D eigenvalue weighted by Gasteiger charge is -2.76. The van der Waals surface area contributed by atoms with Crippen molar-refractivity contribution in [3.63, 3.8) is 0 Å². The van der Waals surface area contributed by atoms with E-state index < -0.39 is 0 Å². The Bertz CT molecular complexity index is 1180. The van der Waals surface area contributed by atoms with Gasteiger partial charge in [0, 0.05) is 90.6 Å². The lowest BCUT2D eigenvalue weighted by molar-refractivity contribution is -0.262. The Morgan fingerprint density at radius 1 is 0.191 bits per heavy atom. The van der Waals surface area contributed by atoms with Gasteiger partial charge in [-0.2, -0.15) is 0 Å². The Hall–Kier alpha value is -0.200. The van der Waals surface area contributed by atoms with Crippen molar-refractivity contribution in [1.82, 2.24) is 24.5 Å². The Labute approximate surface area is 285 Å². The predicted molar refractivity (Wildman–Crippen MR) is 186 cm³/mol. The monoisotopic (exact) mass is 640 g/mol. The zero-order valence-corrected chi connectivity index (χ0v) is 29.5. The number of nitrogens with zero attached hydrogens (tertiary/aromatic N) is 5. The zero-order valence-electron chi connectivity index (χ0n) is 29.5. The molecule has 258 valence electrons. The van der Waals surface area contributed by atoms with Crippen molar-refractivity contribution < 1.29 is 0 Å². The van der Waals surface area contributed by atoms with Crippen molar-refractivity contribution in [3.05, 3.63) is 0 Å². The molecule has 6 saturated heterocycles. The highest BCUT2D eigenvalue weighted by Crippen LogP contribution is 2.63. The Morgan fingerprint density at radius 3 is 0.957 bits per heavy atom. The highest BCUT2D eigenvalue weighted by Gasteiger charge is 2.73. The second kappa shape index (κ2) is 10.2. The van der Waals surface area contributed by atoms with Crippen molar-refractivity contribution in [2.24, 2.45) is 23.7 Å². The van der Waals surface area contributed by atoms with Crippen molar-refractivity contribution in [2.45, 2.75) is 238 Å². The highest BCUT2D eigenvalue weighted by atomic mass is 15.5. The van der Waals surface area contributed by atoms with E-state index in [0.717, 1.165) is 114 Å². The van der Waals surface area contributed by atoms with Gasteiger partial charge in [-0.25, -0.2) is 0 Å². The van der Waals surface area contributed by atoms with Crippen LogP contribution in [-0.4, -0.2) is 115 Å². The van der Waals surface area contributed by atoms with E-state index in [4.69, 9.17) is 0 Å². The van der Waals surface area contributed by atoms with Gasteiger partial charge in [-0.1, -0.05) is 57.8 Å². The summed E-state index contributed by atoms with van der Waals surface area (Å²) in [5, 5.41) is 0. The maximum atomic E-state index is 3.51. The van der Waals surface area contributed by atoms with Crippen LogP contribution in [0.25, 0.3) is 0 Å². The van der Waals surface area contributed by atoms with Crippen LogP contribution in [0.15, 0.2) is 0 Å². The molecule has 13 rings (SSSR count). The topological polar surface area (TPSA) is 16.2 Å². The molecule has 18 unspecified atom stereocenters. The SMILES string of the molecule is C1CCC2C(C1)C1CCC3C4C1N2C1CCCCC1N4C1CCCC2C1N3C1CCC3C4CCCCC4N4C5CCCCC5N2C1C34. The van der Waals surface area contributed by atoms with Gasteiger partial charge in [-0.15, -0.1) is 0 Å². The minimum Gasteiger partial charge on any atom is -0.291 e. The maximum absolute atomic E-state index is 3.51. The quantitative estimate of drug-likeness (QED) is 0.295. The number of hydrogen-bond acceptors (Lipinski definition) is 5. The molecule has 0 aromatic carbocycles. The second-order valence-electron chi connectivity index (χ2n) is 20.2. The summed E-state index contributed by atoms with van der Waals surface area (Å²) in [7, 11) is 0. The van der Waals surface area contributed by atoms with Gasteiger partial charge in [-0.05, 0) is 114 Å². The molecular weight excluding hydrogens is 574 g/mol. The van der Waals surface area contributed by atoms with E-state index in [-0.39, 0.29) is 0 Å². The largest absolute Gasteiger partial charge is 0.291 e. The van der Waals surface area contributed by atoms with Gasteiger partial charge in [0.2, 0.25) is 0 Å². The third kappa shape index (κ3) is 3.44. The van der Waals surface area contributed by atoms with Gasteiger partial charge < -0.3 is 0 Å². The van der Waals surface area contributed by atoms with Crippen LogP contribution in [-0.2, 0) is 0 Å². The average molecular weight is 640 g/mol. The summed E-state index contributed by atoms with van der Waals surface area (Å²) < 4.78 is 0. The smallest absolute Gasteiger partial charge is 0.0417 e. The molecule has 13 aliphatic rings. The molecule has 7 saturated carbocycles. The first kappa shape index (κ1) is 28.4. The summed E-state index contributed by atoms with van der Waals surface area (Å²) in [6.07, 6.45) is 35.3. The third-order valence-corrected chi connectivity index (χ3v) is 19.3. The van der Waals surface area contributed by atoms with Gasteiger partial charge in [0.05, 0.1) is 0 Å². The minimum absolute atomic E-state index is 0.843. The Kier molecular flexibility index (Phi) is 6.18. The van der Waals surface area contributed by atoms with E-state index in [0.29, 0.717) is 0 Å². The van der Waals surface area contributed by atoms with Crippen molar-refractivity contribution in [1.29, 1.82) is 0 Å². The molecule has 13 fully saturated rings. The van der Waals surface area contributed by atoms with Gasteiger partial charge in [0.1, 0.15) is 0 Å². The van der Waals surface area contributed by atoms with E-state index >= 15 is 0 Å². The van der Waals surface area contributed by atoms with E-state index in [1.807, 2.05) is 0 Å². The number of fused-ring (bicyclic) bond motifs is 16. The normalized spacial score (nSPS) is 61.1. The molecular formula is C42H65N5. The molecule has 6 aliphatic heterocycles. The predicted octanol–water partition coefficient (Wildman–Crippen LogP) is 6.64. The van der Waals surface area contributed by atoms with Crippen LogP contribution >= 0.6 is 0 Å². The summed E-state index contributed by atoms with van der Waals surface area (Å²) in [6, 6.07) is 13.2. The fourth-order valence-corrected chi connectivity index (χ4v) is 18.7. The third-order valence-electron chi connectivity index (χ3n) is 19.3. The van der Waals surface area contributed by atoms with Crippen LogP contribution in [0.2, 0.25) is 0 Å². The summed E-state index contributed by atoms with van der Waals surface area (Å²) in [6.45, 7) is 0. The fraction of sp³-hybridized carbons (Fsp3) is 1.00. The average Bonchev–Trinajstić information content (AvgIpc) is 3.66. The molecule has 18 atom stereocenters. The highest BCUT2D eigenvalue weighted by molar-refractivity contribution is 5.29. The first-order chi connectivity index (χ1) is 23.4. The van der Waals surface area contributed by atoms with Crippen molar-refractivity contribution >= 4 is 0 Å². The standard InChI is InChI=1S/C42H65N5/c1-3-12-28-24(10-1)26-20-22-36-41-38(26)43(28)30-14-5-7-16-32(30)45(41)34-18-9-19-35-40(34)47(36)37-23-21-27-25-11-2-4-13-29(25)44-31-15-6-8-17-33(31)46(35)42(37)39(27)44/h24-42H,1-23H2. The van der Waals surface area contributed by atoms with Crippen molar-refractivity contribution in [3.8, 4) is 0 Å². The molecule has 0 spiro atoms. The lowest BCUT2D eigenvalue weighted by atomic mass is 9.61. The molecule has 6 heterocycles. The van der Waals surface area contributed by atoms with Crippen molar-refractivity contribution in [2.75, 3.05) is 0 Å². The zero-order chi connectivity index (χ0) is 30.1. The summed E-state index contributed by atoms with van der Waals surface area (Å²) in [4.78, 5) is 17.2. The first-order valence-corrected chi connectivity index (χ1v) is 22.3. The Balaban J connectivity index is 0.963. The number of rotatable bonds is 0. The van der Waals surface area contributed by atoms with Crippen LogP contribution < -0.4 is 0 Å². The molecule has 0 bridgehead atoms. The van der Waals surface area contributed by atoms with E-state index in [2.05, 4.69) is 24.5 Å². The summed E-state index contributed by atoms with van der Waals surface area (Å²) >= 11 is 0. The molecule has 0 aromatic rings. The fourth-order valence-electron chi connectivity index (χ4n) is 18.7. The van der Waals surface area contributed by atoms with Crippen LogP contribution in [0.4, 0.5) is 0 Å². The van der Waals surface area contributed by atoms with E-state index in [1.54, 1.807) is 51.4 Å². The Morgan fingerprint density at radius 2 is 0.511 bits per heavy atom. The summed E-state index contributed by atoms with van der Waals surface area (Å²) in [5.74, 6) is 4.12. The van der Waals surface area contributed by atoms with Gasteiger partial charge >= 0.3 is 0 Å². The molecule has 47 heavy (non-hydrogen) atoms. The molecule has 0 amide bonds. The van der Waals surface area contributed by atoms with E-state index in [9.17, 15) is 0 Å². The number of hydrogen-bond donors (Lipinski definition) is 0. The summed E-state index contributed by atoms with van der Waals surface area (Å²) in [5.41, 5.74) is 0. The molecule has 0 radical (unpaired) electrons. The minimum atomic E-state index is 0.843. The molecule has 7 aliphatic carbocycles. The van der Waals surface area contributed by atoms with Gasteiger partial charge in [-0.3, -0.25) is 24.5 Å². The second-order valence-corrected chi connectivity index (χ2v) is 20.2. The van der Waals surface area contributed by atoms with Gasteiger partial charge in [0.25, 0.3) is 0 Å². The molecule has 0 N–H and O–H groups in total. The first-order valence-electron chi connectivity index (χ1n) is 22.3. The van der Waals surface area contributed by atoms with Crippen LogP contribution in [0.3, 0.4) is 0 Å². The lowest BCUT2D eigenvalue weighted by Crippen LogP contribution is -2.90. The molecule has 5 nitrogen and oxygen atoms in total. The van der Waals surface area contributed by atoms with Crippen LogP contribution in [0.5, 0.6) is 0 Å². The van der Waals surface area contributed by atoms with Crippen LogP contribution in [0, 0.1) is 23.7 Å².